The fourth-order valence-corrected chi connectivity index (χ4v) is 3.51. The van der Waals surface area contributed by atoms with Crippen LogP contribution < -0.4 is 10.5 Å². The summed E-state index contributed by atoms with van der Waals surface area (Å²) in [5.74, 6) is 0.557. The lowest BCUT2D eigenvalue weighted by Gasteiger charge is -2.31. The second kappa shape index (κ2) is 7.40. The van der Waals surface area contributed by atoms with E-state index in [1.165, 1.54) is 5.56 Å². The summed E-state index contributed by atoms with van der Waals surface area (Å²) < 4.78 is 7.95. The average Bonchev–Trinajstić information content (AvgIpc) is 3.08. The molecule has 140 valence electrons. The third-order valence-electron chi connectivity index (χ3n) is 4.89. The number of carbonyl (C=O) groups is 1. The summed E-state index contributed by atoms with van der Waals surface area (Å²) >= 11 is 0. The average molecular weight is 364 g/mol. The third kappa shape index (κ3) is 3.80. The number of aromatic nitrogens is 2. The smallest absolute Gasteiger partial charge is 0.257 e. The first-order valence-corrected chi connectivity index (χ1v) is 9.31. The summed E-state index contributed by atoms with van der Waals surface area (Å²) in [6, 6.07) is 11.4. The second-order valence-corrected chi connectivity index (χ2v) is 7.14. The number of aryl methyl sites for hydroxylation is 1. The minimum Gasteiger partial charge on any atom is -0.486 e. The normalized spacial score (nSPS) is 17.3. The summed E-state index contributed by atoms with van der Waals surface area (Å²) in [5.41, 5.74) is 9.47. The van der Waals surface area contributed by atoms with Gasteiger partial charge in [-0.1, -0.05) is 18.2 Å². The van der Waals surface area contributed by atoms with Crippen molar-refractivity contribution < 1.29 is 9.53 Å². The molecule has 0 radical (unpaired) electrons. The van der Waals surface area contributed by atoms with Crippen molar-refractivity contribution in [3.05, 3.63) is 65.6 Å². The number of para-hydroxylation sites is 1. The van der Waals surface area contributed by atoms with Crippen LogP contribution in [-0.4, -0.2) is 39.3 Å². The topological polar surface area (TPSA) is 72.9 Å². The molecule has 1 fully saturated rings. The number of nitrogens with two attached hydrogens (primary N) is 1. The van der Waals surface area contributed by atoms with E-state index in [-0.39, 0.29) is 11.9 Å². The van der Waals surface area contributed by atoms with E-state index in [0.29, 0.717) is 24.5 Å². The Morgan fingerprint density at radius 2 is 2.11 bits per heavy atom. The molecule has 0 aliphatic carbocycles. The molecule has 4 rings (SSSR count). The number of hydrogen-bond acceptors (Lipinski definition) is 4. The third-order valence-corrected chi connectivity index (χ3v) is 4.89. The molecule has 1 aliphatic rings. The highest BCUT2D eigenvalue weighted by molar-refractivity contribution is 5.97. The zero-order chi connectivity index (χ0) is 18.8. The number of piperidine rings is 1. The van der Waals surface area contributed by atoms with E-state index in [9.17, 15) is 4.79 Å². The number of benzene rings is 1. The highest BCUT2D eigenvalue weighted by Gasteiger charge is 2.24. The van der Waals surface area contributed by atoms with Crippen molar-refractivity contribution >= 4 is 11.6 Å². The minimum absolute atomic E-state index is 0.0219. The van der Waals surface area contributed by atoms with Crippen LogP contribution in [0.25, 0.3) is 5.65 Å². The van der Waals surface area contributed by atoms with Crippen molar-refractivity contribution in [1.29, 1.82) is 0 Å². The van der Waals surface area contributed by atoms with Gasteiger partial charge < -0.3 is 19.8 Å². The van der Waals surface area contributed by atoms with Gasteiger partial charge in [-0.2, -0.15) is 0 Å². The lowest BCUT2D eigenvalue weighted by Crippen LogP contribution is -2.45. The van der Waals surface area contributed by atoms with Gasteiger partial charge in [0, 0.05) is 31.5 Å². The van der Waals surface area contributed by atoms with Crippen LogP contribution in [0.5, 0.6) is 5.75 Å². The van der Waals surface area contributed by atoms with Gasteiger partial charge in [0.2, 0.25) is 0 Å². The van der Waals surface area contributed by atoms with E-state index >= 15 is 0 Å². The number of rotatable bonds is 4. The molecule has 0 saturated carbocycles. The van der Waals surface area contributed by atoms with E-state index in [4.69, 9.17) is 10.5 Å². The fraction of sp³-hybridized carbons (Fsp3) is 0.333. The Morgan fingerprint density at radius 3 is 2.96 bits per heavy atom. The van der Waals surface area contributed by atoms with E-state index < -0.39 is 0 Å². The maximum atomic E-state index is 12.9. The summed E-state index contributed by atoms with van der Waals surface area (Å²) in [5, 5.41) is 0. The van der Waals surface area contributed by atoms with E-state index in [1.54, 1.807) is 0 Å². The molecule has 1 aromatic carbocycles. The molecule has 1 amide bonds. The lowest BCUT2D eigenvalue weighted by atomic mass is 10.0. The molecular weight excluding hydrogens is 340 g/mol. The summed E-state index contributed by atoms with van der Waals surface area (Å²) in [6.45, 7) is 3.69. The number of nitrogens with zero attached hydrogens (tertiary/aromatic N) is 3. The Morgan fingerprint density at radius 1 is 1.26 bits per heavy atom. The molecular formula is C21H24N4O2. The van der Waals surface area contributed by atoms with Crippen LogP contribution in [0.2, 0.25) is 0 Å². The Hall–Kier alpha value is -2.86. The van der Waals surface area contributed by atoms with Gasteiger partial charge in [0.1, 0.15) is 18.0 Å². The molecule has 0 bridgehead atoms. The van der Waals surface area contributed by atoms with Crippen LogP contribution in [-0.2, 0) is 6.61 Å². The van der Waals surface area contributed by atoms with Gasteiger partial charge >= 0.3 is 0 Å². The molecule has 1 aliphatic heterocycles. The molecule has 27 heavy (non-hydrogen) atoms. The molecule has 3 aromatic rings. The maximum absolute atomic E-state index is 12.9. The predicted octanol–water partition coefficient (Wildman–Crippen LogP) is 2.79. The molecule has 6 nitrogen and oxygen atoms in total. The van der Waals surface area contributed by atoms with Crippen LogP contribution in [0.15, 0.2) is 48.8 Å². The Bertz CT molecular complexity index is 966. The molecule has 0 spiro atoms. The van der Waals surface area contributed by atoms with Gasteiger partial charge in [-0.3, -0.25) is 4.79 Å². The van der Waals surface area contributed by atoms with Gasteiger partial charge in [0.25, 0.3) is 5.91 Å². The van der Waals surface area contributed by atoms with Crippen molar-refractivity contribution in [3.8, 4) is 5.75 Å². The van der Waals surface area contributed by atoms with Crippen molar-refractivity contribution in [1.82, 2.24) is 14.3 Å². The number of likely N-dealkylation sites (tertiary alicyclic amines) is 1. The first-order chi connectivity index (χ1) is 13.1. The molecule has 6 heteroatoms. The standard InChI is InChI=1S/C21H24N4O2/c1-15-8-9-20-23-17(13-25(20)11-15)14-27-19-7-3-2-6-18(19)21(26)24-10-4-5-16(22)12-24/h2-3,6-9,11,13,16H,4-5,10,12,14,22H2,1H3. The van der Waals surface area contributed by atoms with Crippen LogP contribution in [0.1, 0.15) is 34.5 Å². The zero-order valence-corrected chi connectivity index (χ0v) is 15.5. The van der Waals surface area contributed by atoms with Crippen molar-refractivity contribution in [3.63, 3.8) is 0 Å². The SMILES string of the molecule is Cc1ccc2nc(COc3ccccc3C(=O)N3CCCC(N)C3)cn2c1. The zero-order valence-electron chi connectivity index (χ0n) is 15.5. The lowest BCUT2D eigenvalue weighted by molar-refractivity contribution is 0.0704. The molecule has 1 atom stereocenters. The van der Waals surface area contributed by atoms with Gasteiger partial charge in [0.15, 0.2) is 0 Å². The summed E-state index contributed by atoms with van der Waals surface area (Å²) in [6.07, 6.45) is 5.89. The fourth-order valence-electron chi connectivity index (χ4n) is 3.51. The van der Waals surface area contributed by atoms with E-state index in [2.05, 4.69) is 4.98 Å². The van der Waals surface area contributed by atoms with E-state index in [0.717, 1.165) is 30.7 Å². The van der Waals surface area contributed by atoms with Gasteiger partial charge in [0.05, 0.1) is 11.3 Å². The first-order valence-electron chi connectivity index (χ1n) is 9.31. The highest BCUT2D eigenvalue weighted by Crippen LogP contribution is 2.23. The molecule has 3 heterocycles. The molecule has 2 N–H and O–H groups in total. The van der Waals surface area contributed by atoms with Gasteiger partial charge in [-0.05, 0) is 43.5 Å². The van der Waals surface area contributed by atoms with Crippen LogP contribution >= 0.6 is 0 Å². The Labute approximate surface area is 158 Å². The largest absolute Gasteiger partial charge is 0.486 e. The number of pyridine rings is 1. The Balaban J connectivity index is 1.51. The summed E-state index contributed by atoms with van der Waals surface area (Å²) in [4.78, 5) is 19.3. The monoisotopic (exact) mass is 364 g/mol. The summed E-state index contributed by atoms with van der Waals surface area (Å²) in [7, 11) is 0. The quantitative estimate of drug-likeness (QED) is 0.773. The number of hydrogen-bond donors (Lipinski definition) is 1. The maximum Gasteiger partial charge on any atom is 0.257 e. The number of fused-ring (bicyclic) bond motifs is 1. The predicted molar refractivity (Wildman–Crippen MR) is 104 cm³/mol. The van der Waals surface area contributed by atoms with Gasteiger partial charge in [-0.25, -0.2) is 4.98 Å². The number of amides is 1. The Kier molecular flexibility index (Phi) is 4.81. The van der Waals surface area contributed by atoms with E-state index in [1.807, 2.05) is 65.0 Å². The molecule has 1 saturated heterocycles. The minimum atomic E-state index is -0.0219. The van der Waals surface area contributed by atoms with Crippen LogP contribution in [0, 0.1) is 6.92 Å². The molecule has 2 aromatic heterocycles. The second-order valence-electron chi connectivity index (χ2n) is 7.14. The van der Waals surface area contributed by atoms with Crippen molar-refractivity contribution in [2.24, 2.45) is 5.73 Å². The number of ether oxygens (including phenoxy) is 1. The van der Waals surface area contributed by atoms with Crippen molar-refractivity contribution in [2.45, 2.75) is 32.4 Å². The molecule has 1 unspecified atom stereocenters. The highest BCUT2D eigenvalue weighted by atomic mass is 16.5. The van der Waals surface area contributed by atoms with Crippen LogP contribution in [0.3, 0.4) is 0 Å². The first kappa shape index (κ1) is 17.5. The van der Waals surface area contributed by atoms with Gasteiger partial charge in [-0.15, -0.1) is 0 Å². The number of imidazole rings is 1. The van der Waals surface area contributed by atoms with Crippen molar-refractivity contribution in [2.75, 3.05) is 13.1 Å². The van der Waals surface area contributed by atoms with Crippen LogP contribution in [0.4, 0.5) is 0 Å². The number of carbonyl (C=O) groups excluding carboxylic acids is 1.